The zero-order valence-corrected chi connectivity index (χ0v) is 34.1. The molecule has 1 unspecified atom stereocenters. The summed E-state index contributed by atoms with van der Waals surface area (Å²) in [5.74, 6) is -0.561. The largest absolute Gasteiger partial charge is 0.466 e. The van der Waals surface area contributed by atoms with E-state index >= 15 is 0 Å². The number of morpholine rings is 1. The van der Waals surface area contributed by atoms with Gasteiger partial charge in [-0.2, -0.15) is 0 Å². The Balaban J connectivity index is 2.31. The Morgan fingerprint density at radius 1 is 0.577 bits per heavy atom. The van der Waals surface area contributed by atoms with Crippen molar-refractivity contribution in [2.75, 3.05) is 46.0 Å². The Morgan fingerprint density at radius 3 is 1.62 bits per heavy atom. The van der Waals surface area contributed by atoms with Gasteiger partial charge in [0.05, 0.1) is 6.61 Å². The molecule has 52 heavy (non-hydrogen) atoms. The van der Waals surface area contributed by atoms with Crippen LogP contribution in [0, 0.1) is 0 Å². The highest BCUT2D eigenvalue weighted by Crippen LogP contribution is 2.17. The molecule has 0 aliphatic carbocycles. The fraction of sp³-hybridized carbons (Fsp3) is 0.907. The summed E-state index contributed by atoms with van der Waals surface area (Å²) in [4.78, 5) is 52.8. The van der Waals surface area contributed by atoms with Crippen molar-refractivity contribution in [1.29, 1.82) is 0 Å². The van der Waals surface area contributed by atoms with E-state index in [2.05, 4.69) is 25.7 Å². The van der Waals surface area contributed by atoms with Gasteiger partial charge >= 0.3 is 11.9 Å². The molecular weight excluding hydrogens is 656 g/mol. The zero-order valence-electron chi connectivity index (χ0n) is 34.1. The fourth-order valence-electron chi connectivity index (χ4n) is 6.90. The smallest absolute Gasteiger partial charge is 0.306 e. The number of rotatable bonds is 37. The van der Waals surface area contributed by atoms with Crippen LogP contribution >= 0.6 is 0 Å². The van der Waals surface area contributed by atoms with E-state index in [1.807, 2.05) is 0 Å². The van der Waals surface area contributed by atoms with Crippen molar-refractivity contribution in [2.24, 2.45) is 0 Å². The second-order valence-corrected chi connectivity index (χ2v) is 15.1. The van der Waals surface area contributed by atoms with Gasteiger partial charge in [0.1, 0.15) is 19.3 Å². The summed E-state index contributed by atoms with van der Waals surface area (Å²) >= 11 is 0. The summed E-state index contributed by atoms with van der Waals surface area (Å²) in [6.07, 6.45) is 29.9. The van der Waals surface area contributed by atoms with Crippen LogP contribution < -0.4 is 0 Å². The Hall–Kier alpha value is -2.00. The van der Waals surface area contributed by atoms with Crippen LogP contribution in [0.3, 0.4) is 0 Å². The van der Waals surface area contributed by atoms with Crippen LogP contribution in [0.1, 0.15) is 201 Å². The lowest BCUT2D eigenvalue weighted by atomic mass is 10.0. The van der Waals surface area contributed by atoms with Gasteiger partial charge in [0, 0.05) is 19.4 Å². The Labute approximate surface area is 319 Å². The van der Waals surface area contributed by atoms with Crippen LogP contribution in [-0.4, -0.2) is 85.7 Å². The first-order chi connectivity index (χ1) is 25.4. The summed E-state index contributed by atoms with van der Waals surface area (Å²) in [5.41, 5.74) is 0. The summed E-state index contributed by atoms with van der Waals surface area (Å²) in [5, 5.41) is 0. The molecule has 0 aromatic carbocycles. The van der Waals surface area contributed by atoms with Gasteiger partial charge in [0.2, 0.25) is 0 Å². The Morgan fingerprint density at radius 2 is 1.02 bits per heavy atom. The van der Waals surface area contributed by atoms with Gasteiger partial charge in [0.15, 0.2) is 0 Å². The molecule has 1 aliphatic heterocycles. The minimum atomic E-state index is -0.239. The van der Waals surface area contributed by atoms with Crippen molar-refractivity contribution >= 4 is 23.8 Å². The lowest BCUT2D eigenvalue weighted by Gasteiger charge is -2.27. The molecule has 0 spiro atoms. The van der Waals surface area contributed by atoms with Crippen molar-refractivity contribution in [3.05, 3.63) is 0 Å². The molecule has 9 heteroatoms. The molecule has 1 fully saturated rings. The number of carbonyl (C=O) groups excluding carboxylic acids is 4. The van der Waals surface area contributed by atoms with Crippen LogP contribution in [0.2, 0.25) is 0 Å². The Bertz CT molecular complexity index is 883. The number of esters is 2. The van der Waals surface area contributed by atoms with Gasteiger partial charge in [-0.25, -0.2) is 0 Å². The number of imide groups is 1. The van der Waals surface area contributed by atoms with Gasteiger partial charge in [-0.15, -0.1) is 0 Å². The topological polar surface area (TPSA) is 102 Å². The quantitative estimate of drug-likeness (QED) is 0.0353. The number of ether oxygens (including phenoxy) is 3. The highest BCUT2D eigenvalue weighted by molar-refractivity contribution is 5.98. The third kappa shape index (κ3) is 27.6. The Kier molecular flexibility index (Phi) is 32.1. The highest BCUT2D eigenvalue weighted by Gasteiger charge is 2.26. The maximum absolute atomic E-state index is 12.6. The fourth-order valence-corrected chi connectivity index (χ4v) is 6.90. The first kappa shape index (κ1) is 48.0. The molecule has 9 nitrogen and oxygen atoms in total. The molecule has 1 heterocycles. The molecular formula is C43H80N2O7. The van der Waals surface area contributed by atoms with Gasteiger partial charge in [-0.1, -0.05) is 124 Å². The maximum Gasteiger partial charge on any atom is 0.306 e. The number of unbranched alkanes of at least 4 members (excludes halogenated alkanes) is 18. The monoisotopic (exact) mass is 737 g/mol. The standard InChI is InChI=1S/C43H80N2O7/c1-4-7-10-12-19-26-36-51-42(48)30-22-15-13-17-24-32-44(34-27-35-45-40(46)37-50-38-41(45)47)33-25-18-14-16-23-31-43(49)52-39(28-20-9-6-3)29-21-11-8-5-2/h39H,4-38H2,1-3H3. The third-order valence-corrected chi connectivity index (χ3v) is 10.2. The molecule has 2 amide bonds. The second kappa shape index (κ2) is 34.7. The molecule has 1 aliphatic rings. The SMILES string of the molecule is CCCCCCCCOC(=O)CCCCCCCN(CCCCCCCC(=O)OC(CCCCC)CCCCCC)CCCN1C(=O)COCC1=O. The van der Waals surface area contributed by atoms with Crippen LogP contribution in [0.4, 0.5) is 0 Å². The minimum absolute atomic E-state index is 0.0113. The molecule has 0 bridgehead atoms. The summed E-state index contributed by atoms with van der Waals surface area (Å²) in [6, 6.07) is 0. The van der Waals surface area contributed by atoms with Crippen molar-refractivity contribution in [3.8, 4) is 0 Å². The van der Waals surface area contributed by atoms with E-state index in [4.69, 9.17) is 14.2 Å². The predicted molar refractivity (Wildman–Crippen MR) is 211 cm³/mol. The van der Waals surface area contributed by atoms with E-state index in [9.17, 15) is 19.2 Å². The summed E-state index contributed by atoms with van der Waals surface area (Å²) in [6.45, 7) is 10.5. The number of carbonyl (C=O) groups is 4. The zero-order chi connectivity index (χ0) is 37.9. The van der Waals surface area contributed by atoms with Crippen LogP contribution in [-0.2, 0) is 33.4 Å². The summed E-state index contributed by atoms with van der Waals surface area (Å²) < 4.78 is 16.4. The van der Waals surface area contributed by atoms with Crippen molar-refractivity contribution in [2.45, 2.75) is 207 Å². The van der Waals surface area contributed by atoms with Crippen molar-refractivity contribution in [3.63, 3.8) is 0 Å². The minimum Gasteiger partial charge on any atom is -0.466 e. The third-order valence-electron chi connectivity index (χ3n) is 10.2. The average molecular weight is 737 g/mol. The van der Waals surface area contributed by atoms with Crippen molar-refractivity contribution < 1.29 is 33.4 Å². The van der Waals surface area contributed by atoms with Gasteiger partial charge < -0.3 is 19.1 Å². The highest BCUT2D eigenvalue weighted by atomic mass is 16.5. The average Bonchev–Trinajstić information content (AvgIpc) is 3.13. The molecule has 0 saturated carbocycles. The predicted octanol–water partition coefficient (Wildman–Crippen LogP) is 10.1. The first-order valence-corrected chi connectivity index (χ1v) is 21.9. The van der Waals surface area contributed by atoms with E-state index in [1.165, 1.54) is 62.7 Å². The molecule has 1 rings (SSSR count). The summed E-state index contributed by atoms with van der Waals surface area (Å²) in [7, 11) is 0. The van der Waals surface area contributed by atoms with Gasteiger partial charge in [0.25, 0.3) is 11.8 Å². The number of nitrogens with zero attached hydrogens (tertiary/aromatic N) is 2. The van der Waals surface area contributed by atoms with E-state index < -0.39 is 0 Å². The molecule has 304 valence electrons. The number of amides is 2. The molecule has 0 aromatic rings. The van der Waals surface area contributed by atoms with E-state index in [1.54, 1.807) is 0 Å². The van der Waals surface area contributed by atoms with Crippen LogP contribution in [0.25, 0.3) is 0 Å². The molecule has 1 saturated heterocycles. The maximum atomic E-state index is 12.6. The van der Waals surface area contributed by atoms with Gasteiger partial charge in [-0.05, 0) is 83.8 Å². The van der Waals surface area contributed by atoms with Gasteiger partial charge in [-0.3, -0.25) is 24.1 Å². The number of hydrogen-bond acceptors (Lipinski definition) is 8. The normalized spacial score (nSPS) is 14.0. The van der Waals surface area contributed by atoms with E-state index in [-0.39, 0.29) is 43.1 Å². The van der Waals surface area contributed by atoms with E-state index in [0.29, 0.717) is 26.0 Å². The van der Waals surface area contributed by atoms with Crippen molar-refractivity contribution in [1.82, 2.24) is 9.80 Å². The van der Waals surface area contributed by atoms with Crippen LogP contribution in [0.5, 0.6) is 0 Å². The second-order valence-electron chi connectivity index (χ2n) is 15.1. The number of hydrogen-bond donors (Lipinski definition) is 0. The molecule has 0 N–H and O–H groups in total. The molecule has 0 radical (unpaired) electrons. The van der Waals surface area contributed by atoms with Crippen LogP contribution in [0.15, 0.2) is 0 Å². The van der Waals surface area contributed by atoms with E-state index in [0.717, 1.165) is 129 Å². The lowest BCUT2D eigenvalue weighted by Crippen LogP contribution is -2.47. The first-order valence-electron chi connectivity index (χ1n) is 21.9. The molecule has 0 aromatic heterocycles. The molecule has 1 atom stereocenters. The lowest BCUT2D eigenvalue weighted by molar-refractivity contribution is -0.158.